The summed E-state index contributed by atoms with van der Waals surface area (Å²) in [7, 11) is 1.36. The van der Waals surface area contributed by atoms with Crippen molar-refractivity contribution in [3.8, 4) is 22.8 Å². The van der Waals surface area contributed by atoms with Gasteiger partial charge in [-0.15, -0.1) is 0 Å². The number of halogens is 2. The van der Waals surface area contributed by atoms with Crippen LogP contribution in [0.15, 0.2) is 41.2 Å². The van der Waals surface area contributed by atoms with Crippen LogP contribution in [0, 0.1) is 37.0 Å². The first kappa shape index (κ1) is 23.0. The Kier molecular flexibility index (Phi) is 5.99. The van der Waals surface area contributed by atoms with E-state index in [1.165, 1.54) is 35.9 Å². The van der Waals surface area contributed by atoms with Crippen molar-refractivity contribution in [2.75, 3.05) is 38.2 Å². The zero-order valence-corrected chi connectivity index (χ0v) is 19.5. The van der Waals surface area contributed by atoms with Gasteiger partial charge in [-0.25, -0.2) is 18.6 Å². The molecule has 0 radical (unpaired) electrons. The lowest BCUT2D eigenvalue weighted by atomic mass is 9.88. The van der Waals surface area contributed by atoms with E-state index >= 15 is 0 Å². The minimum absolute atomic E-state index is 0.0464. The lowest BCUT2D eigenvalue weighted by Gasteiger charge is -2.36. The number of hydrogen-bond donors (Lipinski definition) is 1. The largest absolute Gasteiger partial charge is 0.494 e. The van der Waals surface area contributed by atoms with Gasteiger partial charge in [-0.2, -0.15) is 0 Å². The fourth-order valence-corrected chi connectivity index (χ4v) is 5.09. The third-order valence-electron chi connectivity index (χ3n) is 7.01. The number of piperidine rings is 1. The maximum absolute atomic E-state index is 14.6. The van der Waals surface area contributed by atoms with E-state index in [0.29, 0.717) is 28.8 Å². The maximum Gasteiger partial charge on any atom is 0.263 e. The zero-order valence-electron chi connectivity index (χ0n) is 19.5. The number of rotatable bonds is 4. The van der Waals surface area contributed by atoms with Crippen LogP contribution in [0.1, 0.15) is 12.0 Å². The highest BCUT2D eigenvalue weighted by atomic mass is 19.1. The fourth-order valence-electron chi connectivity index (χ4n) is 5.09. The van der Waals surface area contributed by atoms with Gasteiger partial charge in [0.05, 0.1) is 24.9 Å². The molecule has 7 nitrogen and oxygen atoms in total. The van der Waals surface area contributed by atoms with Crippen molar-refractivity contribution in [3.05, 3.63) is 75.4 Å². The second kappa shape index (κ2) is 9.12. The number of hydrogen-bond acceptors (Lipinski definition) is 5. The van der Waals surface area contributed by atoms with Crippen molar-refractivity contribution < 1.29 is 13.5 Å². The predicted octanol–water partition coefficient (Wildman–Crippen LogP) is 4.09. The van der Waals surface area contributed by atoms with Crippen LogP contribution in [0.3, 0.4) is 0 Å². The van der Waals surface area contributed by atoms with Gasteiger partial charge in [0.2, 0.25) is 5.69 Å². The van der Waals surface area contributed by atoms with Crippen LogP contribution in [0.2, 0.25) is 0 Å². The average molecular weight is 478 g/mol. The monoisotopic (exact) mass is 477 g/mol. The Bertz CT molecular complexity index is 1400. The molecule has 0 saturated carbocycles. The molecule has 35 heavy (non-hydrogen) atoms. The number of methoxy groups -OCH3 is 1. The second-order valence-electron chi connectivity index (χ2n) is 9.03. The molecule has 3 aromatic rings. The highest BCUT2D eigenvalue weighted by molar-refractivity contribution is 5.66. The summed E-state index contributed by atoms with van der Waals surface area (Å²) in [6.45, 7) is 12.3. The van der Waals surface area contributed by atoms with E-state index in [1.54, 1.807) is 19.1 Å². The number of nitrogens with zero attached hydrogens (tertiary/aromatic N) is 4. The van der Waals surface area contributed by atoms with Crippen LogP contribution >= 0.6 is 0 Å². The third kappa shape index (κ3) is 4.04. The first-order valence-electron chi connectivity index (χ1n) is 11.5. The van der Waals surface area contributed by atoms with E-state index in [4.69, 9.17) is 16.3 Å². The number of fused-ring (bicyclic) bond motifs is 1. The average Bonchev–Trinajstić information content (AvgIpc) is 3.33. The van der Waals surface area contributed by atoms with Crippen molar-refractivity contribution in [3.63, 3.8) is 0 Å². The van der Waals surface area contributed by atoms with Gasteiger partial charge in [-0.05, 0) is 56.5 Å². The van der Waals surface area contributed by atoms with Crippen molar-refractivity contribution in [2.45, 2.75) is 13.3 Å². The second-order valence-corrected chi connectivity index (χ2v) is 9.03. The summed E-state index contributed by atoms with van der Waals surface area (Å²) in [6.07, 6.45) is 0.995. The molecule has 0 spiro atoms. The number of aromatic nitrogens is 2. The summed E-state index contributed by atoms with van der Waals surface area (Å²) in [6, 6.07) is 8.30. The molecular weight excluding hydrogens is 452 g/mol. The van der Waals surface area contributed by atoms with Gasteiger partial charge < -0.3 is 15.0 Å². The minimum atomic E-state index is -0.709. The van der Waals surface area contributed by atoms with Gasteiger partial charge in [-0.3, -0.25) is 9.36 Å². The van der Waals surface area contributed by atoms with Crippen LogP contribution < -0.4 is 20.5 Å². The summed E-state index contributed by atoms with van der Waals surface area (Å²) in [5, 5.41) is 3.44. The Hall–Kier alpha value is -3.77. The van der Waals surface area contributed by atoms with Crippen LogP contribution in [-0.4, -0.2) is 42.8 Å². The molecule has 2 aliphatic rings. The van der Waals surface area contributed by atoms with Crippen LogP contribution in [0.5, 0.6) is 5.75 Å². The topological polar surface area (TPSA) is 63.8 Å². The van der Waals surface area contributed by atoms with Crippen LogP contribution in [0.4, 0.5) is 20.3 Å². The van der Waals surface area contributed by atoms with Gasteiger partial charge in [-0.1, -0.05) is 12.1 Å². The fraction of sp³-hybridized carbons (Fsp3) is 0.346. The van der Waals surface area contributed by atoms with E-state index in [0.717, 1.165) is 32.6 Å². The number of anilines is 1. The Balaban J connectivity index is 1.70. The Labute approximate surface area is 201 Å². The quantitative estimate of drug-likeness (QED) is 0.574. The van der Waals surface area contributed by atoms with Crippen LogP contribution in [-0.2, 0) is 0 Å². The van der Waals surface area contributed by atoms with E-state index in [2.05, 4.69) is 15.1 Å². The molecule has 9 heteroatoms. The smallest absolute Gasteiger partial charge is 0.263 e. The summed E-state index contributed by atoms with van der Waals surface area (Å²) < 4.78 is 35.5. The lowest BCUT2D eigenvalue weighted by Crippen LogP contribution is -2.42. The van der Waals surface area contributed by atoms with E-state index in [-0.39, 0.29) is 28.5 Å². The van der Waals surface area contributed by atoms with Gasteiger partial charge in [0, 0.05) is 24.7 Å². The molecule has 1 aromatic heterocycles. The van der Waals surface area contributed by atoms with Gasteiger partial charge >= 0.3 is 0 Å². The minimum Gasteiger partial charge on any atom is -0.494 e. The Morgan fingerprint density at radius 3 is 2.66 bits per heavy atom. The molecule has 2 unspecified atom stereocenters. The third-order valence-corrected chi connectivity index (χ3v) is 7.01. The summed E-state index contributed by atoms with van der Waals surface area (Å²) in [5.74, 6) is 0.530. The standard InChI is InChI=1S/C26H25F2N5O2/c1-15-24(32-9-8-17-12-30-13-18(17)14-32)31-25(16-4-6-22(29-2)20(27)10-16)33(26(15)34)19-5-7-23(35-3)21(28)11-19/h4-7,10-11,17-18,30H,8-9,12-14H2,1,3H3. The predicted molar refractivity (Wildman–Crippen MR) is 129 cm³/mol. The van der Waals surface area contributed by atoms with Crippen molar-refractivity contribution in [2.24, 2.45) is 11.8 Å². The zero-order chi connectivity index (χ0) is 24.7. The molecule has 180 valence electrons. The molecule has 2 aliphatic heterocycles. The van der Waals surface area contributed by atoms with E-state index in [9.17, 15) is 13.6 Å². The maximum atomic E-state index is 14.6. The highest BCUT2D eigenvalue weighted by Gasteiger charge is 2.34. The summed E-state index contributed by atoms with van der Waals surface area (Å²) >= 11 is 0. The first-order chi connectivity index (χ1) is 16.9. The molecule has 0 bridgehead atoms. The number of ether oxygens (including phenoxy) is 1. The lowest BCUT2D eigenvalue weighted by molar-refractivity contribution is 0.347. The normalized spacial score (nSPS) is 19.3. The van der Waals surface area contributed by atoms with Crippen molar-refractivity contribution in [1.82, 2.24) is 14.9 Å². The molecule has 1 N–H and O–H groups in total. The molecule has 2 fully saturated rings. The summed E-state index contributed by atoms with van der Waals surface area (Å²) in [4.78, 5) is 23.9. The molecule has 2 saturated heterocycles. The molecular formula is C26H25F2N5O2. The van der Waals surface area contributed by atoms with Gasteiger partial charge in [0.25, 0.3) is 5.56 Å². The molecule has 5 rings (SSSR count). The van der Waals surface area contributed by atoms with Gasteiger partial charge in [0.1, 0.15) is 17.5 Å². The van der Waals surface area contributed by atoms with Crippen molar-refractivity contribution in [1.29, 1.82) is 0 Å². The molecule has 3 heterocycles. The van der Waals surface area contributed by atoms with E-state index in [1.807, 2.05) is 0 Å². The summed E-state index contributed by atoms with van der Waals surface area (Å²) in [5.41, 5.74) is 0.519. The molecule has 2 aromatic carbocycles. The Morgan fingerprint density at radius 1 is 1.14 bits per heavy atom. The first-order valence-corrected chi connectivity index (χ1v) is 11.5. The van der Waals surface area contributed by atoms with Crippen molar-refractivity contribution >= 4 is 11.5 Å². The Morgan fingerprint density at radius 2 is 1.94 bits per heavy atom. The van der Waals surface area contributed by atoms with Gasteiger partial charge in [0.15, 0.2) is 11.6 Å². The molecule has 2 atom stereocenters. The SMILES string of the molecule is [C-]#[N+]c1ccc(-c2nc(N3CCC4CNCC4C3)c(C)c(=O)n2-c2ccc(OC)c(F)c2)cc1F. The van der Waals surface area contributed by atoms with Crippen LogP contribution in [0.25, 0.3) is 21.9 Å². The van der Waals surface area contributed by atoms with E-state index < -0.39 is 11.6 Å². The number of nitrogens with one attached hydrogen (secondary N) is 1. The molecule has 0 amide bonds. The number of benzene rings is 2. The highest BCUT2D eigenvalue weighted by Crippen LogP contribution is 2.33. The molecule has 0 aliphatic carbocycles.